The maximum atomic E-state index is 14.6. The van der Waals surface area contributed by atoms with Gasteiger partial charge in [-0.1, -0.05) is 139 Å². The topological polar surface area (TPSA) is 314 Å². The quantitative estimate of drug-likeness (QED) is 0.0332. The second-order valence-electron chi connectivity index (χ2n) is 26.6. The van der Waals surface area contributed by atoms with Crippen molar-refractivity contribution >= 4 is 59.1 Å². The highest BCUT2D eigenvalue weighted by Gasteiger charge is 2.42. The molecule has 0 bridgehead atoms. The summed E-state index contributed by atoms with van der Waals surface area (Å²) in [6, 6.07) is -5.23. The molecule has 0 aromatic rings. The van der Waals surface area contributed by atoms with Gasteiger partial charge in [-0.05, 0) is 111 Å². The minimum atomic E-state index is -1.65. The normalized spacial score (nSPS) is 15.8. The second kappa shape index (κ2) is 41.0. The molecule has 86 heavy (non-hydrogen) atoms. The lowest BCUT2D eigenvalue weighted by atomic mass is 9.93. The first-order valence-electron chi connectivity index (χ1n) is 32.7. The lowest BCUT2D eigenvalue weighted by molar-refractivity contribution is -0.141. The van der Waals surface area contributed by atoms with Crippen molar-refractivity contribution in [2.45, 2.75) is 298 Å². The molecule has 1 aliphatic heterocycles. The summed E-state index contributed by atoms with van der Waals surface area (Å²) in [5.41, 5.74) is -4.83. The number of hydrogen-bond acceptors (Lipinski definition) is 12. The Labute approximate surface area is 516 Å². The first-order chi connectivity index (χ1) is 40.3. The Kier molecular flexibility index (Phi) is 37.4. The Morgan fingerprint density at radius 2 is 0.988 bits per heavy atom. The van der Waals surface area contributed by atoms with Gasteiger partial charge in [0.15, 0.2) is 0 Å². The van der Waals surface area contributed by atoms with Crippen LogP contribution in [0.25, 0.3) is 0 Å². The van der Waals surface area contributed by atoms with Crippen LogP contribution in [0.2, 0.25) is 0 Å². The number of nitrogens with one attached hydrogen (secondary N) is 10. The number of nitrogens with zero attached hydrogens (tertiary/aromatic N) is 1. The number of carbonyl (C=O) groups is 10. The number of amides is 10. The van der Waals surface area contributed by atoms with Gasteiger partial charge in [0.05, 0.1) is 6.61 Å². The van der Waals surface area contributed by atoms with Crippen molar-refractivity contribution < 1.29 is 53.1 Å². The summed E-state index contributed by atoms with van der Waals surface area (Å²) in [4.78, 5) is 140. The van der Waals surface area contributed by atoms with Crippen LogP contribution >= 0.6 is 0 Å². The van der Waals surface area contributed by atoms with E-state index >= 15 is 0 Å². The molecule has 10 amide bonds. The minimum absolute atomic E-state index is 0.00520. The number of rotatable bonds is 45. The molecule has 1 heterocycles. The minimum Gasteiger partial charge on any atom is -0.395 e. The first kappa shape index (κ1) is 78.6. The van der Waals surface area contributed by atoms with E-state index in [9.17, 15) is 47.9 Å². The van der Waals surface area contributed by atoms with Crippen molar-refractivity contribution in [1.29, 1.82) is 0 Å². The summed E-state index contributed by atoms with van der Waals surface area (Å²) < 4.78 is 0. The third-order valence-electron chi connectivity index (χ3n) is 15.6. The van der Waals surface area contributed by atoms with E-state index in [1.54, 1.807) is 4.90 Å². The van der Waals surface area contributed by atoms with E-state index in [2.05, 4.69) is 67.0 Å². The van der Waals surface area contributed by atoms with Gasteiger partial charge in [-0.2, -0.15) is 0 Å². The van der Waals surface area contributed by atoms with Gasteiger partial charge in [0, 0.05) is 45.1 Å². The largest absolute Gasteiger partial charge is 0.395 e. The van der Waals surface area contributed by atoms with Crippen LogP contribution in [-0.2, 0) is 47.9 Å². The van der Waals surface area contributed by atoms with E-state index in [1.165, 1.54) is 54.4 Å². The van der Waals surface area contributed by atoms with Crippen LogP contribution in [-0.4, -0.2) is 155 Å². The van der Waals surface area contributed by atoms with Crippen LogP contribution < -0.4 is 53.2 Å². The van der Waals surface area contributed by atoms with Gasteiger partial charge in [0.1, 0.15) is 46.8 Å². The Hall–Kier alpha value is -5.38. The smallest absolute Gasteiger partial charge is 0.246 e. The Morgan fingerprint density at radius 1 is 0.500 bits per heavy atom. The summed E-state index contributed by atoms with van der Waals surface area (Å²) >= 11 is 0. The van der Waals surface area contributed by atoms with Gasteiger partial charge >= 0.3 is 0 Å². The van der Waals surface area contributed by atoms with Gasteiger partial charge in [-0.3, -0.25) is 47.9 Å². The average Bonchev–Trinajstić information content (AvgIpc) is 3.86. The zero-order valence-corrected chi connectivity index (χ0v) is 55.8. The van der Waals surface area contributed by atoms with Gasteiger partial charge in [-0.25, -0.2) is 0 Å². The lowest BCUT2D eigenvalue weighted by Crippen LogP contribution is -2.66. The number of hydrogen-bond donors (Lipinski definition) is 11. The number of likely N-dealkylation sites (tertiary alicyclic amines) is 1. The Bertz CT molecular complexity index is 2120. The zero-order chi connectivity index (χ0) is 65.2. The van der Waals surface area contributed by atoms with Crippen LogP contribution in [0.4, 0.5) is 0 Å². The molecular weight excluding hydrogens is 1100 g/mol. The van der Waals surface area contributed by atoms with Gasteiger partial charge in [0.25, 0.3) is 0 Å². The van der Waals surface area contributed by atoms with E-state index in [1.807, 2.05) is 48.5 Å². The predicted molar refractivity (Wildman–Crippen MR) is 338 cm³/mol. The van der Waals surface area contributed by atoms with Gasteiger partial charge in [0.2, 0.25) is 59.1 Å². The maximum Gasteiger partial charge on any atom is 0.246 e. The summed E-state index contributed by atoms with van der Waals surface area (Å²) in [7, 11) is 0. The summed E-state index contributed by atoms with van der Waals surface area (Å²) in [6.45, 7) is 27.8. The molecule has 22 nitrogen and oxygen atoms in total. The molecular formula is C64H119N11O11. The van der Waals surface area contributed by atoms with Crippen LogP contribution in [0, 0.1) is 17.8 Å². The van der Waals surface area contributed by atoms with Crippen molar-refractivity contribution in [2.24, 2.45) is 17.8 Å². The number of aliphatic hydroxyl groups is 1. The molecule has 0 spiro atoms. The molecule has 0 aliphatic carbocycles. The summed E-state index contributed by atoms with van der Waals surface area (Å²) in [6.07, 6.45) is 16.0. The fraction of sp³-hybridized carbons (Fsp3) is 0.844. The number of unbranched alkanes of at least 4 members (excludes halogenated alkanes) is 10. The molecule has 1 rings (SSSR count). The molecule has 0 aromatic carbocycles. The summed E-state index contributed by atoms with van der Waals surface area (Å²) in [5.74, 6) is -5.44. The van der Waals surface area contributed by atoms with Crippen LogP contribution in [0.3, 0.4) is 0 Å². The molecule has 1 fully saturated rings. The standard InChI is InChI=1S/C64H119N11O11/c1-16-19-21-23-24-25-26-28-32-47(68-58(83)51-33-29-37-75(51)53(78)30-18-3)56(81)72-64(14,15)61(86)74-63(12,13)60(85)71-50(41-45(8)31-27-22-20-17-2)55(80)69-49(40-44(6)7)57(82)73-62(10,11)59(84)70-48(39-43(4)5)54(79)66-35-34-52(77)67-46(9)42-65-36-38-76/h43-51,65,76H,16-42H2,1-15H3,(H,66,79)(H,67,77)(H,68,83)(H,69,80)(H,70,84)(H,71,85)(H,72,81)(H,73,82)(H,74,86)/t45-,46+,47+,48+,49+,50+,51+/m1/s1. The second-order valence-corrected chi connectivity index (χ2v) is 26.6. The third-order valence-corrected chi connectivity index (χ3v) is 15.6. The summed E-state index contributed by atoms with van der Waals surface area (Å²) in [5, 5.41) is 37.4. The Morgan fingerprint density at radius 3 is 1.53 bits per heavy atom. The molecule has 1 aliphatic rings. The fourth-order valence-corrected chi connectivity index (χ4v) is 10.4. The molecule has 1 saturated heterocycles. The highest BCUT2D eigenvalue weighted by molar-refractivity contribution is 6.00. The average molecular weight is 1220 g/mol. The van der Waals surface area contributed by atoms with E-state index in [4.69, 9.17) is 5.11 Å². The van der Waals surface area contributed by atoms with Gasteiger partial charge in [-0.15, -0.1) is 0 Å². The highest BCUT2D eigenvalue weighted by Crippen LogP contribution is 2.22. The van der Waals surface area contributed by atoms with E-state index in [0.717, 1.165) is 64.2 Å². The molecule has 7 atom stereocenters. The first-order valence-corrected chi connectivity index (χ1v) is 32.7. The van der Waals surface area contributed by atoms with Gasteiger partial charge < -0.3 is 63.2 Å². The van der Waals surface area contributed by atoms with Crippen molar-refractivity contribution in [3.8, 4) is 0 Å². The number of carbonyl (C=O) groups excluding carboxylic acids is 10. The monoisotopic (exact) mass is 1220 g/mol. The van der Waals surface area contributed by atoms with Crippen LogP contribution in [0.1, 0.15) is 245 Å². The number of aliphatic hydroxyl groups excluding tert-OH is 1. The Balaban J connectivity index is 3.35. The molecule has 496 valence electrons. The third kappa shape index (κ3) is 31.0. The molecule has 0 saturated carbocycles. The molecule has 0 aromatic heterocycles. The van der Waals surface area contributed by atoms with E-state index in [0.29, 0.717) is 58.2 Å². The van der Waals surface area contributed by atoms with Crippen molar-refractivity contribution in [3.63, 3.8) is 0 Å². The fourth-order valence-electron chi connectivity index (χ4n) is 10.4. The van der Waals surface area contributed by atoms with Crippen molar-refractivity contribution in [2.75, 3.05) is 32.8 Å². The van der Waals surface area contributed by atoms with Crippen molar-refractivity contribution in [1.82, 2.24) is 58.1 Å². The molecule has 22 heteroatoms. The molecule has 0 radical (unpaired) electrons. The van der Waals surface area contributed by atoms with E-state index < -0.39 is 94.1 Å². The SMILES string of the molecule is CCCCCCCCCC[C@H](NC(=O)[C@@H]1CCCN1C(=O)CCC)C(=O)NC(C)(C)C(=O)NC(C)(C)C(=O)N[C@@H](C[C@H](C)CCCCCC)C(=O)N[C@@H](CC(C)C)C(=O)NC(C)(C)C(=O)N[C@@H](CC(C)C)C(=O)NCCC(=O)N[C@@H](C)CNCCO. The van der Waals surface area contributed by atoms with Crippen LogP contribution in [0.5, 0.6) is 0 Å². The molecule has 11 N–H and O–H groups in total. The predicted octanol–water partition coefficient (Wildman–Crippen LogP) is 5.61. The maximum absolute atomic E-state index is 14.6. The zero-order valence-electron chi connectivity index (χ0n) is 55.8. The van der Waals surface area contributed by atoms with Crippen LogP contribution in [0.15, 0.2) is 0 Å². The molecule has 0 unspecified atom stereocenters. The van der Waals surface area contributed by atoms with Crippen molar-refractivity contribution in [3.05, 3.63) is 0 Å². The lowest BCUT2D eigenvalue weighted by Gasteiger charge is -2.34. The van der Waals surface area contributed by atoms with E-state index in [-0.39, 0.29) is 74.4 Å². The highest BCUT2D eigenvalue weighted by atomic mass is 16.3.